The summed E-state index contributed by atoms with van der Waals surface area (Å²) in [5.41, 5.74) is -0.160. The normalized spacial score (nSPS) is 11.9. The van der Waals surface area contributed by atoms with E-state index in [4.69, 9.17) is 0 Å². The molecular weight excluding hydrogens is 471 g/mol. The van der Waals surface area contributed by atoms with Gasteiger partial charge in [0, 0.05) is 22.7 Å². The number of hydrogen-bond acceptors (Lipinski definition) is 5. The standard InChI is InChI=1S/C25H16F3N7O/c26-25(27,28)20-15(10-11-18-19(20)24(36)35-33-18)22-30-17-9-5-4-8-14(17)21(31-22)32-23-16(12-29-34-23)13-6-2-1-3-7-13/h1-12H,(H2,33,35,36)(H2,29,30,31,32,34). The minimum atomic E-state index is -4.82. The van der Waals surface area contributed by atoms with Gasteiger partial charge in [0.2, 0.25) is 0 Å². The summed E-state index contributed by atoms with van der Waals surface area (Å²) >= 11 is 0. The number of aromatic nitrogens is 6. The van der Waals surface area contributed by atoms with Crippen molar-refractivity contribution in [3.8, 4) is 22.5 Å². The lowest BCUT2D eigenvalue weighted by Crippen LogP contribution is -2.13. The Morgan fingerprint density at radius 2 is 1.58 bits per heavy atom. The molecule has 6 rings (SSSR count). The van der Waals surface area contributed by atoms with Crippen LogP contribution in [0.3, 0.4) is 0 Å². The molecule has 0 amide bonds. The number of alkyl halides is 3. The Hall–Kier alpha value is -4.93. The number of nitrogens with one attached hydrogen (secondary N) is 4. The van der Waals surface area contributed by atoms with Crippen molar-refractivity contribution in [1.82, 2.24) is 30.4 Å². The molecule has 178 valence electrons. The predicted octanol–water partition coefficient (Wildman–Crippen LogP) is 5.62. The fourth-order valence-electron chi connectivity index (χ4n) is 4.24. The Balaban J connectivity index is 1.56. The maximum Gasteiger partial charge on any atom is 0.417 e. The Bertz CT molecular complexity index is 1790. The second kappa shape index (κ2) is 8.08. The molecular formula is C25H16F3N7O. The highest BCUT2D eigenvalue weighted by Gasteiger charge is 2.38. The van der Waals surface area contributed by atoms with E-state index in [1.54, 1.807) is 30.5 Å². The van der Waals surface area contributed by atoms with Crippen LogP contribution in [-0.4, -0.2) is 30.4 Å². The van der Waals surface area contributed by atoms with Gasteiger partial charge in [0.25, 0.3) is 5.56 Å². The van der Waals surface area contributed by atoms with Crippen molar-refractivity contribution >= 4 is 33.4 Å². The number of anilines is 2. The zero-order valence-corrected chi connectivity index (χ0v) is 18.3. The summed E-state index contributed by atoms with van der Waals surface area (Å²) in [6.45, 7) is 0. The molecule has 8 nitrogen and oxygen atoms in total. The average molecular weight is 487 g/mol. The number of halogens is 3. The minimum Gasteiger partial charge on any atom is -0.322 e. The smallest absolute Gasteiger partial charge is 0.322 e. The van der Waals surface area contributed by atoms with Crippen LogP contribution < -0.4 is 10.9 Å². The number of hydrogen-bond donors (Lipinski definition) is 4. The number of fused-ring (bicyclic) bond motifs is 2. The van der Waals surface area contributed by atoms with E-state index in [9.17, 15) is 18.0 Å². The summed E-state index contributed by atoms with van der Waals surface area (Å²) in [6.07, 6.45) is -3.11. The number of para-hydroxylation sites is 1. The van der Waals surface area contributed by atoms with Crippen LogP contribution in [0.1, 0.15) is 5.56 Å². The first-order valence-corrected chi connectivity index (χ1v) is 10.8. The molecule has 0 aliphatic carbocycles. The molecule has 0 radical (unpaired) electrons. The molecule has 0 bridgehead atoms. The summed E-state index contributed by atoms with van der Waals surface area (Å²) < 4.78 is 42.7. The van der Waals surface area contributed by atoms with E-state index < -0.39 is 22.7 Å². The van der Waals surface area contributed by atoms with Gasteiger partial charge in [0.15, 0.2) is 11.6 Å². The van der Waals surface area contributed by atoms with Gasteiger partial charge >= 0.3 is 6.18 Å². The molecule has 3 aromatic heterocycles. The van der Waals surface area contributed by atoms with Crippen LogP contribution in [0.5, 0.6) is 0 Å². The molecule has 4 N–H and O–H groups in total. The van der Waals surface area contributed by atoms with E-state index in [2.05, 4.69) is 35.7 Å². The molecule has 0 aliphatic rings. The number of aromatic amines is 3. The monoisotopic (exact) mass is 487 g/mol. The SMILES string of the molecule is O=c1[nH][nH]c2ccc(-c3nc(Nc4n[nH]cc4-c4ccccc4)c4ccccc4n3)c(C(F)(F)F)c12. The van der Waals surface area contributed by atoms with E-state index in [-0.39, 0.29) is 22.7 Å². The van der Waals surface area contributed by atoms with Gasteiger partial charge in [-0.3, -0.25) is 20.1 Å². The molecule has 3 aromatic carbocycles. The number of benzene rings is 3. The van der Waals surface area contributed by atoms with Gasteiger partial charge in [0.05, 0.1) is 22.0 Å². The van der Waals surface area contributed by atoms with E-state index in [0.29, 0.717) is 16.7 Å². The fraction of sp³-hybridized carbons (Fsp3) is 0.0400. The molecule has 6 aromatic rings. The maximum absolute atomic E-state index is 14.2. The van der Waals surface area contributed by atoms with Crippen LogP contribution in [-0.2, 0) is 6.18 Å². The van der Waals surface area contributed by atoms with Gasteiger partial charge in [-0.25, -0.2) is 9.97 Å². The van der Waals surface area contributed by atoms with Crippen molar-refractivity contribution in [3.05, 3.63) is 88.8 Å². The third kappa shape index (κ3) is 3.57. The first-order valence-electron chi connectivity index (χ1n) is 10.8. The highest BCUT2D eigenvalue weighted by molar-refractivity contribution is 5.95. The van der Waals surface area contributed by atoms with E-state index in [1.165, 1.54) is 12.1 Å². The van der Waals surface area contributed by atoms with E-state index in [1.807, 2.05) is 30.3 Å². The van der Waals surface area contributed by atoms with Crippen LogP contribution in [0.4, 0.5) is 24.8 Å². The molecule has 0 aliphatic heterocycles. The molecule has 0 spiro atoms. The molecule has 0 saturated carbocycles. The molecule has 3 heterocycles. The maximum atomic E-state index is 14.2. The Morgan fingerprint density at radius 3 is 2.39 bits per heavy atom. The highest BCUT2D eigenvalue weighted by Crippen LogP contribution is 2.40. The van der Waals surface area contributed by atoms with Crippen LogP contribution in [0.25, 0.3) is 44.3 Å². The third-order valence-corrected chi connectivity index (χ3v) is 5.83. The number of rotatable bonds is 4. The van der Waals surface area contributed by atoms with Crippen molar-refractivity contribution in [2.45, 2.75) is 6.18 Å². The van der Waals surface area contributed by atoms with E-state index >= 15 is 0 Å². The summed E-state index contributed by atoms with van der Waals surface area (Å²) in [6, 6.07) is 19.1. The number of H-pyrrole nitrogens is 3. The lowest BCUT2D eigenvalue weighted by atomic mass is 10.0. The van der Waals surface area contributed by atoms with Gasteiger partial charge in [-0.2, -0.15) is 18.3 Å². The van der Waals surface area contributed by atoms with Gasteiger partial charge in [-0.15, -0.1) is 0 Å². The second-order valence-corrected chi connectivity index (χ2v) is 8.04. The van der Waals surface area contributed by atoms with Crippen molar-refractivity contribution in [2.24, 2.45) is 0 Å². The summed E-state index contributed by atoms with van der Waals surface area (Å²) in [4.78, 5) is 21.1. The Labute approximate surface area is 200 Å². The van der Waals surface area contributed by atoms with Gasteiger partial charge in [-0.1, -0.05) is 42.5 Å². The molecule has 0 fully saturated rings. The zero-order valence-electron chi connectivity index (χ0n) is 18.3. The quantitative estimate of drug-likeness (QED) is 0.258. The van der Waals surface area contributed by atoms with Crippen molar-refractivity contribution in [3.63, 3.8) is 0 Å². The average Bonchev–Trinajstić information content (AvgIpc) is 3.50. The van der Waals surface area contributed by atoms with Crippen LogP contribution in [0.15, 0.2) is 77.7 Å². The van der Waals surface area contributed by atoms with Gasteiger partial charge in [-0.05, 0) is 29.8 Å². The van der Waals surface area contributed by atoms with Crippen molar-refractivity contribution in [1.29, 1.82) is 0 Å². The zero-order chi connectivity index (χ0) is 24.9. The predicted molar refractivity (Wildman–Crippen MR) is 130 cm³/mol. The van der Waals surface area contributed by atoms with Gasteiger partial charge in [0.1, 0.15) is 5.82 Å². The first-order chi connectivity index (χ1) is 17.4. The fourth-order valence-corrected chi connectivity index (χ4v) is 4.24. The van der Waals surface area contributed by atoms with Gasteiger partial charge < -0.3 is 5.32 Å². The Kier molecular flexibility index (Phi) is 4.85. The third-order valence-electron chi connectivity index (χ3n) is 5.83. The molecule has 0 saturated heterocycles. The number of nitrogens with zero attached hydrogens (tertiary/aromatic N) is 3. The molecule has 36 heavy (non-hydrogen) atoms. The lowest BCUT2D eigenvalue weighted by molar-refractivity contribution is -0.135. The lowest BCUT2D eigenvalue weighted by Gasteiger charge is -2.15. The van der Waals surface area contributed by atoms with Crippen LogP contribution >= 0.6 is 0 Å². The highest BCUT2D eigenvalue weighted by atomic mass is 19.4. The topological polar surface area (TPSA) is 115 Å². The summed E-state index contributed by atoms with van der Waals surface area (Å²) in [7, 11) is 0. The Morgan fingerprint density at radius 1 is 0.806 bits per heavy atom. The van der Waals surface area contributed by atoms with Crippen molar-refractivity contribution < 1.29 is 13.2 Å². The minimum absolute atomic E-state index is 0.0410. The molecule has 11 heteroatoms. The second-order valence-electron chi connectivity index (χ2n) is 8.04. The van der Waals surface area contributed by atoms with Crippen molar-refractivity contribution in [2.75, 3.05) is 5.32 Å². The van der Waals surface area contributed by atoms with Crippen LogP contribution in [0, 0.1) is 0 Å². The largest absolute Gasteiger partial charge is 0.417 e. The summed E-state index contributed by atoms with van der Waals surface area (Å²) in [5.74, 6) is 0.545. The van der Waals surface area contributed by atoms with Crippen LogP contribution in [0.2, 0.25) is 0 Å². The summed E-state index contributed by atoms with van der Waals surface area (Å²) in [5, 5.41) is 15.0. The molecule has 0 atom stereocenters. The first kappa shape index (κ1) is 21.6. The molecule has 0 unspecified atom stereocenters. The van der Waals surface area contributed by atoms with E-state index in [0.717, 1.165) is 11.1 Å².